The molecule has 0 fully saturated rings. The minimum atomic E-state index is -0.429. The maximum Gasteiger partial charge on any atom is 0.271 e. The number of ketones is 1. The van der Waals surface area contributed by atoms with Gasteiger partial charge >= 0.3 is 0 Å². The fourth-order valence-corrected chi connectivity index (χ4v) is 4.73. The van der Waals surface area contributed by atoms with Crippen molar-refractivity contribution in [2.24, 2.45) is 0 Å². The molecule has 0 saturated carbocycles. The number of hydrogen-bond acceptors (Lipinski definition) is 7. The van der Waals surface area contributed by atoms with Crippen LogP contribution in [0.15, 0.2) is 54.6 Å². The number of rotatable bonds is 11. The molecule has 2 aromatic carbocycles. The molecule has 0 aliphatic heterocycles. The van der Waals surface area contributed by atoms with Crippen LogP contribution in [0, 0.1) is 10.1 Å². The number of carbonyl (C=O) groups is 1. The van der Waals surface area contributed by atoms with Crippen molar-refractivity contribution in [3.8, 4) is 0 Å². The minimum Gasteiger partial charge on any atom is -0.340 e. The number of H-pyrrole nitrogens is 1. The summed E-state index contributed by atoms with van der Waals surface area (Å²) in [6.45, 7) is 7.34. The average molecular weight is 478 g/mol. The molecule has 34 heavy (non-hydrogen) atoms. The molecule has 2 N–H and O–H groups in total. The van der Waals surface area contributed by atoms with Gasteiger partial charge in [0.05, 0.1) is 10.7 Å². The molecule has 4 aromatic rings. The topological polar surface area (TPSA) is 104 Å². The molecule has 0 unspecified atom stereocenters. The second kappa shape index (κ2) is 10.7. The number of nitro benzene ring substituents is 1. The van der Waals surface area contributed by atoms with Crippen molar-refractivity contribution in [3.63, 3.8) is 0 Å². The Kier molecular flexibility index (Phi) is 7.44. The Labute approximate surface area is 201 Å². The van der Waals surface area contributed by atoms with E-state index >= 15 is 0 Å². The summed E-state index contributed by atoms with van der Waals surface area (Å²) < 4.78 is 0. The number of aromatic nitrogens is 2. The summed E-state index contributed by atoms with van der Waals surface area (Å²) >= 11 is 1.67. The van der Waals surface area contributed by atoms with Gasteiger partial charge in [-0.15, -0.1) is 0 Å². The summed E-state index contributed by atoms with van der Waals surface area (Å²) in [5, 5.41) is 16.0. The van der Waals surface area contributed by atoms with Crippen LogP contribution >= 0.6 is 11.8 Å². The van der Waals surface area contributed by atoms with E-state index in [9.17, 15) is 14.9 Å². The van der Waals surface area contributed by atoms with E-state index in [-0.39, 0.29) is 11.5 Å². The molecule has 8 nitrogen and oxygen atoms in total. The Hall–Kier alpha value is -3.43. The van der Waals surface area contributed by atoms with E-state index in [1.54, 1.807) is 23.9 Å². The Morgan fingerprint density at radius 2 is 1.94 bits per heavy atom. The van der Waals surface area contributed by atoms with E-state index in [2.05, 4.69) is 34.0 Å². The lowest BCUT2D eigenvalue weighted by Crippen LogP contribution is -2.25. The monoisotopic (exact) mass is 477 g/mol. The smallest absolute Gasteiger partial charge is 0.271 e. The van der Waals surface area contributed by atoms with E-state index in [0.717, 1.165) is 41.7 Å². The van der Waals surface area contributed by atoms with Crippen LogP contribution in [-0.4, -0.2) is 56.7 Å². The van der Waals surface area contributed by atoms with Crippen LogP contribution in [0.2, 0.25) is 0 Å². The second-order valence-corrected chi connectivity index (χ2v) is 9.02. The van der Waals surface area contributed by atoms with Crippen LogP contribution in [0.5, 0.6) is 0 Å². The van der Waals surface area contributed by atoms with Crippen LogP contribution in [-0.2, 0) is 0 Å². The van der Waals surface area contributed by atoms with Crippen LogP contribution in [0.3, 0.4) is 0 Å². The number of nitrogens with zero attached hydrogens (tertiary/aromatic N) is 3. The maximum atomic E-state index is 12.7. The van der Waals surface area contributed by atoms with E-state index < -0.39 is 4.92 Å². The van der Waals surface area contributed by atoms with Crippen molar-refractivity contribution in [3.05, 3.63) is 70.3 Å². The molecular formula is C25H27N5O3S. The first-order chi connectivity index (χ1) is 16.5. The van der Waals surface area contributed by atoms with Gasteiger partial charge < -0.3 is 15.2 Å². The molecule has 4 rings (SSSR count). The number of hydrogen-bond donors (Lipinski definition) is 2. The number of nitro groups is 1. The highest BCUT2D eigenvalue weighted by atomic mass is 32.2. The van der Waals surface area contributed by atoms with Gasteiger partial charge in [0.15, 0.2) is 5.78 Å². The van der Waals surface area contributed by atoms with Crippen LogP contribution in [0.1, 0.15) is 24.2 Å². The quantitative estimate of drug-likeness (QED) is 0.125. The number of non-ortho nitro benzene ring substituents is 1. The third-order valence-corrected chi connectivity index (χ3v) is 6.73. The lowest BCUT2D eigenvalue weighted by Gasteiger charge is -2.17. The van der Waals surface area contributed by atoms with Gasteiger partial charge in [0.25, 0.3) is 5.69 Å². The molecule has 176 valence electrons. The molecule has 0 atom stereocenters. The molecule has 0 saturated heterocycles. The van der Waals surface area contributed by atoms with Crippen LogP contribution in [0.25, 0.3) is 21.9 Å². The summed E-state index contributed by atoms with van der Waals surface area (Å²) in [6.07, 6.45) is 0. The normalized spacial score (nSPS) is 11.4. The van der Waals surface area contributed by atoms with Crippen LogP contribution < -0.4 is 5.32 Å². The molecule has 0 radical (unpaired) electrons. The molecule has 0 aliphatic rings. The predicted octanol–water partition coefficient (Wildman–Crippen LogP) is 5.63. The first-order valence-electron chi connectivity index (χ1n) is 11.3. The van der Waals surface area contributed by atoms with Gasteiger partial charge in [-0.3, -0.25) is 14.9 Å². The summed E-state index contributed by atoms with van der Waals surface area (Å²) in [7, 11) is 0. The fourth-order valence-electron chi connectivity index (χ4n) is 3.85. The number of fused-ring (bicyclic) bond motifs is 3. The summed E-state index contributed by atoms with van der Waals surface area (Å²) in [6, 6.07) is 15.8. The number of aromatic amines is 1. The third-order valence-electron chi connectivity index (χ3n) is 5.79. The van der Waals surface area contributed by atoms with Gasteiger partial charge in [-0.25, -0.2) is 4.98 Å². The van der Waals surface area contributed by atoms with Crippen molar-refractivity contribution in [1.82, 2.24) is 14.9 Å². The van der Waals surface area contributed by atoms with Gasteiger partial charge in [-0.05, 0) is 49.5 Å². The number of benzene rings is 2. The van der Waals surface area contributed by atoms with Crippen molar-refractivity contribution in [2.45, 2.75) is 13.8 Å². The predicted molar refractivity (Wildman–Crippen MR) is 139 cm³/mol. The number of anilines is 2. The first kappa shape index (κ1) is 23.7. The van der Waals surface area contributed by atoms with Gasteiger partial charge in [0.2, 0.25) is 0 Å². The Bertz CT molecular complexity index is 1330. The van der Waals surface area contributed by atoms with Gasteiger partial charge in [-0.1, -0.05) is 19.9 Å². The lowest BCUT2D eigenvalue weighted by atomic mass is 10.1. The highest BCUT2D eigenvalue weighted by Gasteiger charge is 2.12. The Morgan fingerprint density at radius 1 is 1.12 bits per heavy atom. The number of Topliss-reactive ketones (excluding diaryl/α,β-unsaturated/α-hetero) is 1. The highest BCUT2D eigenvalue weighted by molar-refractivity contribution is 8.00. The number of thioether (sulfide) groups is 1. The number of carbonyl (C=O) groups excluding carboxylic acids is 1. The van der Waals surface area contributed by atoms with E-state index in [1.807, 2.05) is 30.3 Å². The van der Waals surface area contributed by atoms with Crippen molar-refractivity contribution in [2.75, 3.05) is 36.5 Å². The molecule has 0 amide bonds. The zero-order valence-electron chi connectivity index (χ0n) is 19.2. The summed E-state index contributed by atoms with van der Waals surface area (Å²) in [5.74, 6) is 2.09. The maximum absolute atomic E-state index is 12.7. The summed E-state index contributed by atoms with van der Waals surface area (Å²) in [5.41, 5.74) is 2.88. The number of nitrogens with one attached hydrogen (secondary N) is 2. The van der Waals surface area contributed by atoms with Crippen molar-refractivity contribution >= 4 is 56.7 Å². The standard InChI is InChI=1S/C25H27N5O3S/c1-3-29(4-2)12-13-34-16-23(31)17-8-10-22-21(14-17)20-9-11-24(28-25(20)27-22)26-18-6-5-7-19(15-18)30(32)33/h5-11,14-15H,3-4,12-13,16H2,1-2H3,(H2,26,27,28). The molecule has 2 aromatic heterocycles. The zero-order chi connectivity index (χ0) is 24.1. The van der Waals surface area contributed by atoms with Gasteiger partial charge in [0.1, 0.15) is 11.5 Å². The molecule has 0 aliphatic carbocycles. The summed E-state index contributed by atoms with van der Waals surface area (Å²) in [4.78, 5) is 33.6. The molecule has 9 heteroatoms. The zero-order valence-corrected chi connectivity index (χ0v) is 20.0. The van der Waals surface area contributed by atoms with Crippen LogP contribution in [0.4, 0.5) is 17.2 Å². The lowest BCUT2D eigenvalue weighted by molar-refractivity contribution is -0.384. The second-order valence-electron chi connectivity index (χ2n) is 7.91. The SMILES string of the molecule is CCN(CC)CCSCC(=O)c1ccc2[nH]c3nc(Nc4cccc([N+](=O)[O-])c4)ccc3c2c1. The van der Waals surface area contributed by atoms with Crippen molar-refractivity contribution < 1.29 is 9.72 Å². The molecular weight excluding hydrogens is 450 g/mol. The minimum absolute atomic E-state index is 0.0140. The molecule has 2 heterocycles. The fraction of sp³-hybridized carbons (Fsp3) is 0.280. The highest BCUT2D eigenvalue weighted by Crippen LogP contribution is 2.28. The first-order valence-corrected chi connectivity index (χ1v) is 12.4. The Morgan fingerprint density at radius 3 is 2.71 bits per heavy atom. The van der Waals surface area contributed by atoms with Gasteiger partial charge in [0, 0.05) is 52.0 Å². The molecule has 0 bridgehead atoms. The largest absolute Gasteiger partial charge is 0.340 e. The van der Waals surface area contributed by atoms with E-state index in [1.165, 1.54) is 12.1 Å². The van der Waals surface area contributed by atoms with E-state index in [4.69, 9.17) is 0 Å². The average Bonchev–Trinajstić information content (AvgIpc) is 3.21. The molecule has 0 spiro atoms. The Balaban J connectivity index is 1.49. The number of pyridine rings is 1. The van der Waals surface area contributed by atoms with E-state index in [0.29, 0.717) is 28.5 Å². The van der Waals surface area contributed by atoms with Gasteiger partial charge in [-0.2, -0.15) is 11.8 Å². The third kappa shape index (κ3) is 5.37. The van der Waals surface area contributed by atoms with Crippen molar-refractivity contribution in [1.29, 1.82) is 0 Å².